The maximum atomic E-state index is 13.6. The van der Waals surface area contributed by atoms with E-state index in [2.05, 4.69) is 26.6 Å². The van der Waals surface area contributed by atoms with Crippen LogP contribution in [0, 0.1) is 5.92 Å². The van der Waals surface area contributed by atoms with Gasteiger partial charge in [-0.05, 0) is 56.4 Å². The minimum absolute atomic E-state index is 0.107. The number of amides is 5. The maximum absolute atomic E-state index is 13.6. The lowest BCUT2D eigenvalue weighted by molar-refractivity contribution is -0.130. The van der Waals surface area contributed by atoms with Crippen LogP contribution in [0.4, 0.5) is 10.5 Å². The number of methoxy groups -OCH3 is 1. The standard InChI is InChI=1S/C32H44N6O6/c1-6-33-30(41)27(20(2)3)37-28(39)21(4)35-19-25(15-22-11-8-7-9-12-22)36-29(40)23-16-24(31(42)44-5)18-26(17-23)38-14-10-13-34-32(38)43/h7-9,11-12,16-18,20-21,25,27,35H,6,10,13-15,19H2,1-5H3,(H,33,41)(H,34,43)(H,36,40)(H,37,39)/t21-,25-,27-/m0/s1. The Morgan fingerprint density at radius 3 is 2.32 bits per heavy atom. The second-order valence-electron chi connectivity index (χ2n) is 11.1. The van der Waals surface area contributed by atoms with Gasteiger partial charge in [-0.3, -0.25) is 19.3 Å². The molecule has 2 aromatic carbocycles. The molecule has 1 aliphatic heterocycles. The van der Waals surface area contributed by atoms with Gasteiger partial charge in [-0.2, -0.15) is 0 Å². The number of nitrogens with zero attached hydrogens (tertiary/aromatic N) is 1. The Kier molecular flexibility index (Phi) is 12.7. The molecule has 238 valence electrons. The number of esters is 1. The van der Waals surface area contributed by atoms with E-state index < -0.39 is 30.0 Å². The monoisotopic (exact) mass is 608 g/mol. The summed E-state index contributed by atoms with van der Waals surface area (Å²) in [5, 5.41) is 14.6. The molecular formula is C32H44N6O6. The molecule has 12 nitrogen and oxygen atoms in total. The molecule has 5 amide bonds. The Labute approximate surface area is 258 Å². The van der Waals surface area contributed by atoms with Crippen molar-refractivity contribution < 1.29 is 28.7 Å². The minimum Gasteiger partial charge on any atom is -0.465 e. The molecule has 0 aliphatic carbocycles. The molecule has 1 saturated heterocycles. The van der Waals surface area contributed by atoms with Gasteiger partial charge in [0.2, 0.25) is 11.8 Å². The molecule has 1 aliphatic rings. The van der Waals surface area contributed by atoms with Gasteiger partial charge in [0.1, 0.15) is 6.04 Å². The molecule has 3 atom stereocenters. The highest BCUT2D eigenvalue weighted by Crippen LogP contribution is 2.22. The van der Waals surface area contributed by atoms with Gasteiger partial charge in [-0.25, -0.2) is 9.59 Å². The molecule has 2 aromatic rings. The molecule has 0 bridgehead atoms. The Balaban J connectivity index is 1.79. The van der Waals surface area contributed by atoms with Crippen LogP contribution < -0.4 is 31.5 Å². The van der Waals surface area contributed by atoms with Crippen LogP contribution in [-0.2, 0) is 20.7 Å². The van der Waals surface area contributed by atoms with Crippen LogP contribution in [0.15, 0.2) is 48.5 Å². The highest BCUT2D eigenvalue weighted by atomic mass is 16.5. The zero-order valence-corrected chi connectivity index (χ0v) is 26.1. The molecule has 0 unspecified atom stereocenters. The number of hydrogen-bond acceptors (Lipinski definition) is 7. The highest BCUT2D eigenvalue weighted by Gasteiger charge is 2.27. The largest absolute Gasteiger partial charge is 0.465 e. The molecular weight excluding hydrogens is 564 g/mol. The van der Waals surface area contributed by atoms with Crippen LogP contribution in [0.1, 0.15) is 60.4 Å². The number of anilines is 1. The fourth-order valence-corrected chi connectivity index (χ4v) is 4.86. The van der Waals surface area contributed by atoms with E-state index in [9.17, 15) is 24.0 Å². The molecule has 12 heteroatoms. The Morgan fingerprint density at radius 2 is 1.68 bits per heavy atom. The molecule has 0 spiro atoms. The Bertz CT molecular complexity index is 1320. The summed E-state index contributed by atoms with van der Waals surface area (Å²) >= 11 is 0. The van der Waals surface area contributed by atoms with Gasteiger partial charge in [-0.15, -0.1) is 0 Å². The number of ether oxygens (including phenoxy) is 1. The number of hydrogen-bond donors (Lipinski definition) is 5. The first kappa shape index (κ1) is 34.0. The fraction of sp³-hybridized carbons (Fsp3) is 0.469. The van der Waals surface area contributed by atoms with E-state index in [4.69, 9.17) is 4.74 Å². The first-order valence-corrected chi connectivity index (χ1v) is 15.0. The van der Waals surface area contributed by atoms with E-state index in [-0.39, 0.29) is 41.4 Å². The summed E-state index contributed by atoms with van der Waals surface area (Å²) in [6.07, 6.45) is 1.17. The summed E-state index contributed by atoms with van der Waals surface area (Å²) in [5.74, 6) is -1.77. The zero-order chi connectivity index (χ0) is 32.2. The molecule has 44 heavy (non-hydrogen) atoms. The molecule has 3 rings (SSSR count). The van der Waals surface area contributed by atoms with Gasteiger partial charge in [0.05, 0.1) is 18.7 Å². The molecule has 0 aromatic heterocycles. The van der Waals surface area contributed by atoms with E-state index in [1.165, 1.54) is 24.1 Å². The van der Waals surface area contributed by atoms with Gasteiger partial charge < -0.3 is 31.3 Å². The number of carbonyl (C=O) groups excluding carboxylic acids is 5. The van der Waals surface area contributed by atoms with Crippen molar-refractivity contribution in [1.82, 2.24) is 26.6 Å². The third-order valence-electron chi connectivity index (χ3n) is 7.31. The van der Waals surface area contributed by atoms with E-state index in [0.717, 1.165) is 5.56 Å². The van der Waals surface area contributed by atoms with Crippen molar-refractivity contribution in [3.05, 3.63) is 65.2 Å². The summed E-state index contributed by atoms with van der Waals surface area (Å²) in [6.45, 7) is 8.93. The number of urea groups is 1. The van der Waals surface area contributed by atoms with Crippen LogP contribution in [0.5, 0.6) is 0 Å². The second kappa shape index (κ2) is 16.4. The third-order valence-corrected chi connectivity index (χ3v) is 7.31. The second-order valence-corrected chi connectivity index (χ2v) is 11.1. The minimum atomic E-state index is -0.676. The van der Waals surface area contributed by atoms with E-state index in [1.54, 1.807) is 13.0 Å². The SMILES string of the molecule is CCNC(=O)[C@@H](NC(=O)[C@H](C)NC[C@H](Cc1ccccc1)NC(=O)c1cc(C(=O)OC)cc(N2CCCNC2=O)c1)C(C)C. The quantitative estimate of drug-likeness (QED) is 0.205. The van der Waals surface area contributed by atoms with E-state index in [0.29, 0.717) is 38.2 Å². The lowest BCUT2D eigenvalue weighted by atomic mass is 10.0. The predicted octanol–water partition coefficient (Wildman–Crippen LogP) is 1.99. The fourth-order valence-electron chi connectivity index (χ4n) is 4.86. The van der Waals surface area contributed by atoms with Gasteiger partial charge in [0, 0.05) is 43.5 Å². The molecule has 1 heterocycles. The van der Waals surface area contributed by atoms with Crippen molar-refractivity contribution in [2.24, 2.45) is 5.92 Å². The van der Waals surface area contributed by atoms with Crippen molar-refractivity contribution >= 4 is 35.4 Å². The van der Waals surface area contributed by atoms with Crippen LogP contribution >= 0.6 is 0 Å². The predicted molar refractivity (Wildman–Crippen MR) is 167 cm³/mol. The lowest BCUT2D eigenvalue weighted by Gasteiger charge is -2.28. The third kappa shape index (κ3) is 9.53. The van der Waals surface area contributed by atoms with Crippen molar-refractivity contribution in [1.29, 1.82) is 0 Å². The molecule has 1 fully saturated rings. The smallest absolute Gasteiger partial charge is 0.337 e. The lowest BCUT2D eigenvalue weighted by Crippen LogP contribution is -2.55. The van der Waals surface area contributed by atoms with Gasteiger partial charge >= 0.3 is 12.0 Å². The molecule has 5 N–H and O–H groups in total. The first-order chi connectivity index (χ1) is 21.0. The van der Waals surface area contributed by atoms with Crippen LogP contribution in [-0.4, -0.2) is 81.1 Å². The van der Waals surface area contributed by atoms with Gasteiger partial charge in [0.25, 0.3) is 5.91 Å². The number of nitrogens with one attached hydrogen (secondary N) is 5. The number of carbonyl (C=O) groups is 5. The first-order valence-electron chi connectivity index (χ1n) is 15.0. The Hall–Kier alpha value is -4.45. The normalized spacial score (nSPS) is 15.0. The van der Waals surface area contributed by atoms with Crippen LogP contribution in [0.3, 0.4) is 0 Å². The van der Waals surface area contributed by atoms with Crippen molar-refractivity contribution in [2.45, 2.75) is 58.7 Å². The maximum Gasteiger partial charge on any atom is 0.337 e. The Morgan fingerprint density at radius 1 is 0.977 bits per heavy atom. The topological polar surface area (TPSA) is 158 Å². The summed E-state index contributed by atoms with van der Waals surface area (Å²) in [6, 6.07) is 12.0. The number of likely N-dealkylation sites (N-methyl/N-ethyl adjacent to an activating group) is 1. The molecule has 0 radical (unpaired) electrons. The van der Waals surface area contributed by atoms with E-state index >= 15 is 0 Å². The van der Waals surface area contributed by atoms with Crippen LogP contribution in [0.2, 0.25) is 0 Å². The average Bonchev–Trinajstić information content (AvgIpc) is 3.02. The zero-order valence-electron chi connectivity index (χ0n) is 26.1. The van der Waals surface area contributed by atoms with Gasteiger partial charge in [0.15, 0.2) is 0 Å². The number of rotatable bonds is 14. The summed E-state index contributed by atoms with van der Waals surface area (Å²) in [7, 11) is 1.25. The average molecular weight is 609 g/mol. The molecule has 0 saturated carbocycles. The van der Waals surface area contributed by atoms with Crippen molar-refractivity contribution in [3.63, 3.8) is 0 Å². The summed E-state index contributed by atoms with van der Waals surface area (Å²) < 4.78 is 4.90. The van der Waals surface area contributed by atoms with Crippen molar-refractivity contribution in [3.8, 4) is 0 Å². The summed E-state index contributed by atoms with van der Waals surface area (Å²) in [5.41, 5.74) is 1.71. The van der Waals surface area contributed by atoms with Crippen LogP contribution in [0.25, 0.3) is 0 Å². The number of benzene rings is 2. The summed E-state index contributed by atoms with van der Waals surface area (Å²) in [4.78, 5) is 65.5. The van der Waals surface area contributed by atoms with Gasteiger partial charge in [-0.1, -0.05) is 44.2 Å². The van der Waals surface area contributed by atoms with Crippen molar-refractivity contribution in [2.75, 3.05) is 38.2 Å². The van der Waals surface area contributed by atoms with E-state index in [1.807, 2.05) is 51.1 Å². The highest BCUT2D eigenvalue weighted by molar-refractivity contribution is 6.02.